The number of carbonyl (C=O) groups excluding carboxylic acids is 1. The normalized spacial score (nSPS) is 10.7. The molecule has 0 aliphatic rings. The lowest BCUT2D eigenvalue weighted by Gasteiger charge is -2.08. The zero-order chi connectivity index (χ0) is 14.4. The SMILES string of the molecule is CCc1ccc(C(=O)NCc2cncn2CCOC)[nH]1. The van der Waals surface area contributed by atoms with Gasteiger partial charge in [0.1, 0.15) is 5.69 Å². The van der Waals surface area contributed by atoms with Crippen molar-refractivity contribution in [2.45, 2.75) is 26.4 Å². The average molecular weight is 276 g/mol. The van der Waals surface area contributed by atoms with Gasteiger partial charge >= 0.3 is 0 Å². The van der Waals surface area contributed by atoms with E-state index in [1.165, 1.54) is 0 Å². The highest BCUT2D eigenvalue weighted by Crippen LogP contribution is 2.04. The highest BCUT2D eigenvalue weighted by Gasteiger charge is 2.09. The van der Waals surface area contributed by atoms with Gasteiger partial charge in [-0.1, -0.05) is 6.92 Å². The van der Waals surface area contributed by atoms with Crippen molar-refractivity contribution in [3.05, 3.63) is 41.7 Å². The number of hydrogen-bond donors (Lipinski definition) is 2. The van der Waals surface area contributed by atoms with Gasteiger partial charge in [0.2, 0.25) is 0 Å². The van der Waals surface area contributed by atoms with Gasteiger partial charge in [-0.2, -0.15) is 0 Å². The number of aromatic nitrogens is 3. The molecule has 2 aromatic rings. The van der Waals surface area contributed by atoms with Crippen molar-refractivity contribution in [3.8, 4) is 0 Å². The summed E-state index contributed by atoms with van der Waals surface area (Å²) in [5, 5.41) is 2.88. The number of hydrogen-bond acceptors (Lipinski definition) is 3. The van der Waals surface area contributed by atoms with Crippen molar-refractivity contribution in [2.75, 3.05) is 13.7 Å². The van der Waals surface area contributed by atoms with Gasteiger partial charge in [-0.15, -0.1) is 0 Å². The molecule has 2 rings (SSSR count). The maximum atomic E-state index is 12.0. The van der Waals surface area contributed by atoms with E-state index in [1.807, 2.05) is 17.6 Å². The summed E-state index contributed by atoms with van der Waals surface area (Å²) < 4.78 is 7.01. The van der Waals surface area contributed by atoms with Crippen LogP contribution in [0.15, 0.2) is 24.7 Å². The van der Waals surface area contributed by atoms with Crippen LogP contribution in [0.1, 0.15) is 28.8 Å². The van der Waals surface area contributed by atoms with Crippen LogP contribution >= 0.6 is 0 Å². The van der Waals surface area contributed by atoms with E-state index in [1.54, 1.807) is 25.7 Å². The molecule has 1 amide bonds. The second kappa shape index (κ2) is 6.91. The van der Waals surface area contributed by atoms with Crippen molar-refractivity contribution in [2.24, 2.45) is 0 Å². The van der Waals surface area contributed by atoms with Crippen LogP contribution in [0.2, 0.25) is 0 Å². The standard InChI is InChI=1S/C14H20N4O2/c1-3-11-4-5-13(17-11)14(19)16-9-12-8-15-10-18(12)6-7-20-2/h4-5,8,10,17H,3,6-7,9H2,1-2H3,(H,16,19). The lowest BCUT2D eigenvalue weighted by atomic mass is 10.3. The number of nitrogens with zero attached hydrogens (tertiary/aromatic N) is 2. The van der Waals surface area contributed by atoms with E-state index in [4.69, 9.17) is 4.74 Å². The quantitative estimate of drug-likeness (QED) is 0.802. The smallest absolute Gasteiger partial charge is 0.268 e. The molecule has 20 heavy (non-hydrogen) atoms. The highest BCUT2D eigenvalue weighted by atomic mass is 16.5. The Hall–Kier alpha value is -2.08. The molecule has 0 fully saturated rings. The van der Waals surface area contributed by atoms with Crippen LogP contribution in [-0.4, -0.2) is 34.2 Å². The number of methoxy groups -OCH3 is 1. The minimum absolute atomic E-state index is 0.107. The number of H-pyrrole nitrogens is 1. The van der Waals surface area contributed by atoms with E-state index in [9.17, 15) is 4.79 Å². The van der Waals surface area contributed by atoms with E-state index in [-0.39, 0.29) is 5.91 Å². The molecule has 0 aliphatic heterocycles. The number of carbonyl (C=O) groups is 1. The molecule has 0 saturated heterocycles. The Balaban J connectivity index is 1.91. The minimum Gasteiger partial charge on any atom is -0.383 e. The molecule has 2 heterocycles. The third-order valence-corrected chi connectivity index (χ3v) is 3.14. The molecule has 0 radical (unpaired) electrons. The third kappa shape index (κ3) is 3.48. The number of imidazole rings is 1. The van der Waals surface area contributed by atoms with Crippen molar-refractivity contribution < 1.29 is 9.53 Å². The third-order valence-electron chi connectivity index (χ3n) is 3.14. The van der Waals surface area contributed by atoms with Crippen molar-refractivity contribution >= 4 is 5.91 Å². The largest absolute Gasteiger partial charge is 0.383 e. The second-order valence-electron chi connectivity index (χ2n) is 4.50. The summed E-state index contributed by atoms with van der Waals surface area (Å²) in [5.74, 6) is -0.107. The van der Waals surface area contributed by atoms with E-state index in [0.29, 0.717) is 18.8 Å². The van der Waals surface area contributed by atoms with Crippen LogP contribution in [-0.2, 0) is 24.2 Å². The summed E-state index contributed by atoms with van der Waals surface area (Å²) in [5.41, 5.74) is 2.60. The number of rotatable bonds is 7. The monoisotopic (exact) mass is 276 g/mol. The Morgan fingerprint density at radius 2 is 2.35 bits per heavy atom. The molecule has 2 aromatic heterocycles. The van der Waals surface area contributed by atoms with Crippen LogP contribution in [0.3, 0.4) is 0 Å². The Morgan fingerprint density at radius 1 is 1.50 bits per heavy atom. The zero-order valence-corrected chi connectivity index (χ0v) is 11.8. The summed E-state index contributed by atoms with van der Waals surface area (Å²) in [6.07, 6.45) is 4.38. The molecule has 6 heteroatoms. The number of ether oxygens (including phenoxy) is 1. The topological polar surface area (TPSA) is 71.9 Å². The Kier molecular flexibility index (Phi) is 4.95. The number of aromatic amines is 1. The predicted octanol–water partition coefficient (Wildman–Crippen LogP) is 1.35. The molecule has 0 saturated carbocycles. The molecule has 2 N–H and O–H groups in total. The highest BCUT2D eigenvalue weighted by molar-refractivity contribution is 5.92. The summed E-state index contributed by atoms with van der Waals surface area (Å²) in [6, 6.07) is 3.73. The predicted molar refractivity (Wildman–Crippen MR) is 75.4 cm³/mol. The van der Waals surface area contributed by atoms with Crippen LogP contribution in [0.25, 0.3) is 0 Å². The summed E-state index contributed by atoms with van der Waals surface area (Å²) >= 11 is 0. The summed E-state index contributed by atoms with van der Waals surface area (Å²) in [4.78, 5) is 19.2. The van der Waals surface area contributed by atoms with Crippen molar-refractivity contribution in [1.82, 2.24) is 19.9 Å². The van der Waals surface area contributed by atoms with Crippen LogP contribution in [0, 0.1) is 0 Å². The Labute approximate surface area is 118 Å². The van der Waals surface area contributed by atoms with Gasteiger partial charge in [0.25, 0.3) is 5.91 Å². The summed E-state index contributed by atoms with van der Waals surface area (Å²) in [7, 11) is 1.66. The van der Waals surface area contributed by atoms with Crippen LogP contribution in [0.4, 0.5) is 0 Å². The number of aryl methyl sites for hydroxylation is 1. The molecule has 0 aliphatic carbocycles. The van der Waals surface area contributed by atoms with E-state index >= 15 is 0 Å². The van der Waals surface area contributed by atoms with E-state index in [0.717, 1.165) is 24.4 Å². The van der Waals surface area contributed by atoms with Crippen molar-refractivity contribution in [1.29, 1.82) is 0 Å². The fourth-order valence-corrected chi connectivity index (χ4v) is 1.93. The van der Waals surface area contributed by atoms with Gasteiger partial charge in [-0.25, -0.2) is 4.98 Å². The molecular formula is C14H20N4O2. The molecule has 0 bridgehead atoms. The van der Waals surface area contributed by atoms with Gasteiger partial charge in [0.15, 0.2) is 0 Å². The summed E-state index contributed by atoms with van der Waals surface area (Å²) in [6.45, 7) is 3.84. The fourth-order valence-electron chi connectivity index (χ4n) is 1.93. The number of nitrogens with one attached hydrogen (secondary N) is 2. The Morgan fingerprint density at radius 3 is 3.05 bits per heavy atom. The van der Waals surface area contributed by atoms with E-state index < -0.39 is 0 Å². The molecule has 108 valence electrons. The fraction of sp³-hybridized carbons (Fsp3) is 0.429. The van der Waals surface area contributed by atoms with Gasteiger partial charge in [-0.3, -0.25) is 4.79 Å². The molecule has 0 spiro atoms. The molecular weight excluding hydrogens is 256 g/mol. The molecule has 0 aromatic carbocycles. The van der Waals surface area contributed by atoms with Gasteiger partial charge in [-0.05, 0) is 18.6 Å². The zero-order valence-electron chi connectivity index (χ0n) is 11.8. The maximum Gasteiger partial charge on any atom is 0.268 e. The first-order valence-electron chi connectivity index (χ1n) is 6.68. The lowest BCUT2D eigenvalue weighted by molar-refractivity contribution is 0.0945. The lowest BCUT2D eigenvalue weighted by Crippen LogP contribution is -2.24. The second-order valence-corrected chi connectivity index (χ2v) is 4.50. The molecule has 6 nitrogen and oxygen atoms in total. The van der Waals surface area contributed by atoms with E-state index in [2.05, 4.69) is 15.3 Å². The first-order valence-corrected chi connectivity index (χ1v) is 6.68. The van der Waals surface area contributed by atoms with Crippen molar-refractivity contribution in [3.63, 3.8) is 0 Å². The first-order chi connectivity index (χ1) is 9.74. The average Bonchev–Trinajstić information content (AvgIpc) is 3.11. The molecule has 0 unspecified atom stereocenters. The maximum absolute atomic E-state index is 12.0. The Bertz CT molecular complexity index is 559. The van der Waals surface area contributed by atoms with Gasteiger partial charge in [0.05, 0.1) is 25.2 Å². The van der Waals surface area contributed by atoms with Crippen LogP contribution in [0.5, 0.6) is 0 Å². The van der Waals surface area contributed by atoms with Gasteiger partial charge < -0.3 is 19.6 Å². The number of amides is 1. The minimum atomic E-state index is -0.107. The first kappa shape index (κ1) is 14.3. The molecule has 0 atom stereocenters. The van der Waals surface area contributed by atoms with Gasteiger partial charge in [0, 0.05) is 25.5 Å². The van der Waals surface area contributed by atoms with Crippen LogP contribution < -0.4 is 5.32 Å².